The van der Waals surface area contributed by atoms with E-state index in [4.69, 9.17) is 5.73 Å². The summed E-state index contributed by atoms with van der Waals surface area (Å²) in [6.45, 7) is 1.67. The minimum atomic E-state index is -0.297. The molecule has 0 saturated carbocycles. The van der Waals surface area contributed by atoms with Crippen LogP contribution >= 0.6 is 0 Å². The van der Waals surface area contributed by atoms with Gasteiger partial charge in [-0.25, -0.2) is 4.39 Å². The van der Waals surface area contributed by atoms with E-state index in [9.17, 15) is 4.39 Å². The van der Waals surface area contributed by atoms with Gasteiger partial charge in [0, 0.05) is 12.2 Å². The van der Waals surface area contributed by atoms with E-state index in [1.54, 1.807) is 12.1 Å². The fourth-order valence-electron chi connectivity index (χ4n) is 1.16. The van der Waals surface area contributed by atoms with Gasteiger partial charge in [0.05, 0.1) is 5.69 Å². The third kappa shape index (κ3) is 3.22. The number of hydrogen-bond acceptors (Lipinski definition) is 3. The molecule has 1 rings (SSSR count). The van der Waals surface area contributed by atoms with Gasteiger partial charge in [0.15, 0.2) is 0 Å². The minimum Gasteiger partial charge on any atom is -0.399 e. The van der Waals surface area contributed by atoms with Gasteiger partial charge in [-0.05, 0) is 38.2 Å². The fraction of sp³-hybridized carbons (Fsp3) is 0.400. The molecule has 0 amide bonds. The predicted octanol–water partition coefficient (Wildman–Crippen LogP) is 1.43. The molecule has 0 bridgehead atoms. The first kappa shape index (κ1) is 10.8. The molecule has 0 aromatic heterocycles. The van der Waals surface area contributed by atoms with E-state index in [-0.39, 0.29) is 5.82 Å². The van der Waals surface area contributed by atoms with Gasteiger partial charge < -0.3 is 16.4 Å². The van der Waals surface area contributed by atoms with Crippen molar-refractivity contribution in [2.45, 2.75) is 6.42 Å². The summed E-state index contributed by atoms with van der Waals surface area (Å²) in [5.74, 6) is -0.297. The summed E-state index contributed by atoms with van der Waals surface area (Å²) in [5, 5.41) is 6.03. The number of benzene rings is 1. The van der Waals surface area contributed by atoms with Gasteiger partial charge in [-0.2, -0.15) is 0 Å². The van der Waals surface area contributed by atoms with Crippen molar-refractivity contribution in [3.05, 3.63) is 24.0 Å². The van der Waals surface area contributed by atoms with Gasteiger partial charge in [-0.3, -0.25) is 0 Å². The molecule has 1 aromatic rings. The lowest BCUT2D eigenvalue weighted by molar-refractivity contribution is 0.629. The summed E-state index contributed by atoms with van der Waals surface area (Å²) >= 11 is 0. The highest BCUT2D eigenvalue weighted by Crippen LogP contribution is 2.16. The molecule has 0 spiro atoms. The number of rotatable bonds is 5. The summed E-state index contributed by atoms with van der Waals surface area (Å²) in [4.78, 5) is 0. The lowest BCUT2D eigenvalue weighted by atomic mass is 10.2. The van der Waals surface area contributed by atoms with Crippen LogP contribution in [0, 0.1) is 5.82 Å². The van der Waals surface area contributed by atoms with Gasteiger partial charge in [-0.15, -0.1) is 0 Å². The average molecular weight is 197 g/mol. The van der Waals surface area contributed by atoms with Crippen LogP contribution in [0.5, 0.6) is 0 Å². The van der Waals surface area contributed by atoms with Crippen LogP contribution in [0.15, 0.2) is 18.2 Å². The number of nitrogen functional groups attached to an aromatic ring is 1. The highest BCUT2D eigenvalue weighted by molar-refractivity contribution is 5.52. The van der Waals surface area contributed by atoms with Crippen LogP contribution in [-0.4, -0.2) is 20.1 Å². The molecule has 1 aromatic carbocycles. The first-order valence-electron chi connectivity index (χ1n) is 4.67. The van der Waals surface area contributed by atoms with Crippen LogP contribution in [0.2, 0.25) is 0 Å². The zero-order valence-electron chi connectivity index (χ0n) is 8.31. The van der Waals surface area contributed by atoms with Crippen molar-refractivity contribution in [1.29, 1.82) is 0 Å². The van der Waals surface area contributed by atoms with Crippen molar-refractivity contribution in [2.24, 2.45) is 0 Å². The van der Waals surface area contributed by atoms with Crippen LogP contribution < -0.4 is 16.4 Å². The van der Waals surface area contributed by atoms with E-state index in [0.29, 0.717) is 11.4 Å². The number of hydrogen-bond donors (Lipinski definition) is 3. The smallest absolute Gasteiger partial charge is 0.148 e. The third-order valence-corrected chi connectivity index (χ3v) is 1.91. The highest BCUT2D eigenvalue weighted by Gasteiger charge is 2.00. The van der Waals surface area contributed by atoms with E-state index in [2.05, 4.69) is 10.6 Å². The van der Waals surface area contributed by atoms with Crippen LogP contribution in [0.1, 0.15) is 6.42 Å². The van der Waals surface area contributed by atoms with Crippen LogP contribution in [0.25, 0.3) is 0 Å². The SMILES string of the molecule is CNCCCNc1ccc(N)cc1F. The molecule has 78 valence electrons. The molecule has 0 aliphatic carbocycles. The summed E-state index contributed by atoms with van der Waals surface area (Å²) in [6.07, 6.45) is 0.959. The largest absolute Gasteiger partial charge is 0.399 e. The summed E-state index contributed by atoms with van der Waals surface area (Å²) < 4.78 is 13.2. The Morgan fingerprint density at radius 1 is 1.36 bits per heavy atom. The molecule has 4 heteroatoms. The molecule has 14 heavy (non-hydrogen) atoms. The van der Waals surface area contributed by atoms with Crippen molar-refractivity contribution in [3.8, 4) is 0 Å². The molecule has 0 heterocycles. The zero-order chi connectivity index (χ0) is 10.4. The summed E-state index contributed by atoms with van der Waals surface area (Å²) in [6, 6.07) is 4.66. The van der Waals surface area contributed by atoms with Crippen molar-refractivity contribution < 1.29 is 4.39 Å². The first-order valence-corrected chi connectivity index (χ1v) is 4.67. The molecular formula is C10H16FN3. The minimum absolute atomic E-state index is 0.297. The second-order valence-electron chi connectivity index (χ2n) is 3.12. The van der Waals surface area contributed by atoms with E-state index >= 15 is 0 Å². The maximum Gasteiger partial charge on any atom is 0.148 e. The third-order valence-electron chi connectivity index (χ3n) is 1.91. The van der Waals surface area contributed by atoms with E-state index in [0.717, 1.165) is 19.5 Å². The second-order valence-corrected chi connectivity index (χ2v) is 3.12. The lowest BCUT2D eigenvalue weighted by Crippen LogP contribution is -2.13. The number of anilines is 2. The lowest BCUT2D eigenvalue weighted by Gasteiger charge is -2.07. The molecule has 0 aliphatic rings. The number of nitrogens with one attached hydrogen (secondary N) is 2. The van der Waals surface area contributed by atoms with Crippen molar-refractivity contribution in [2.75, 3.05) is 31.2 Å². The van der Waals surface area contributed by atoms with Crippen molar-refractivity contribution in [3.63, 3.8) is 0 Å². The summed E-state index contributed by atoms with van der Waals surface area (Å²) in [5.41, 5.74) is 6.38. The number of nitrogens with two attached hydrogens (primary N) is 1. The Morgan fingerprint density at radius 2 is 2.14 bits per heavy atom. The van der Waals surface area contributed by atoms with E-state index in [1.165, 1.54) is 6.07 Å². The number of halogens is 1. The molecule has 0 unspecified atom stereocenters. The van der Waals surface area contributed by atoms with Crippen LogP contribution in [0.3, 0.4) is 0 Å². The Bertz CT molecular complexity index is 289. The normalized spacial score (nSPS) is 10.1. The van der Waals surface area contributed by atoms with Crippen molar-refractivity contribution >= 4 is 11.4 Å². The summed E-state index contributed by atoms with van der Waals surface area (Å²) in [7, 11) is 1.89. The second kappa shape index (κ2) is 5.44. The van der Waals surface area contributed by atoms with E-state index in [1.807, 2.05) is 7.05 Å². The fourth-order valence-corrected chi connectivity index (χ4v) is 1.16. The van der Waals surface area contributed by atoms with Crippen molar-refractivity contribution in [1.82, 2.24) is 5.32 Å². The Morgan fingerprint density at radius 3 is 2.79 bits per heavy atom. The maximum atomic E-state index is 13.2. The van der Waals surface area contributed by atoms with Gasteiger partial charge in [0.25, 0.3) is 0 Å². The molecule has 0 radical (unpaired) electrons. The molecule has 3 nitrogen and oxygen atoms in total. The molecule has 0 aliphatic heterocycles. The topological polar surface area (TPSA) is 50.1 Å². The van der Waals surface area contributed by atoms with Gasteiger partial charge >= 0.3 is 0 Å². The van der Waals surface area contributed by atoms with Gasteiger partial charge in [0.1, 0.15) is 5.82 Å². The van der Waals surface area contributed by atoms with Gasteiger partial charge in [0.2, 0.25) is 0 Å². The van der Waals surface area contributed by atoms with Crippen LogP contribution in [-0.2, 0) is 0 Å². The van der Waals surface area contributed by atoms with Gasteiger partial charge in [-0.1, -0.05) is 0 Å². The monoisotopic (exact) mass is 197 g/mol. The highest BCUT2D eigenvalue weighted by atomic mass is 19.1. The zero-order valence-corrected chi connectivity index (χ0v) is 8.31. The first-order chi connectivity index (χ1) is 6.74. The Hall–Kier alpha value is -1.29. The quantitative estimate of drug-likeness (QED) is 0.494. The molecule has 0 fully saturated rings. The molecule has 0 atom stereocenters. The predicted molar refractivity (Wildman–Crippen MR) is 57.8 cm³/mol. The molecule has 4 N–H and O–H groups in total. The Kier molecular flexibility index (Phi) is 4.19. The average Bonchev–Trinajstić information content (AvgIpc) is 2.15. The van der Waals surface area contributed by atoms with Crippen LogP contribution in [0.4, 0.5) is 15.8 Å². The Balaban J connectivity index is 2.42. The molecule has 0 saturated heterocycles. The standard InChI is InChI=1S/C10H16FN3/c1-13-5-2-6-14-10-4-3-8(12)7-9(10)11/h3-4,7,13-14H,2,5-6,12H2,1H3. The maximum absolute atomic E-state index is 13.2. The molecular weight excluding hydrogens is 181 g/mol. The van der Waals surface area contributed by atoms with E-state index < -0.39 is 0 Å². The Labute approximate surface area is 83.5 Å².